The first kappa shape index (κ1) is 11.0. The normalized spacial score (nSPS) is 15.1. The Labute approximate surface area is 128 Å². The van der Waals surface area contributed by atoms with Crippen LogP contribution in [0.25, 0.3) is 0 Å². The fourth-order valence-corrected chi connectivity index (χ4v) is 1.98. The van der Waals surface area contributed by atoms with Gasteiger partial charge in [-0.3, -0.25) is 0 Å². The number of nitrogens with zero attached hydrogens (tertiary/aromatic N) is 5. The van der Waals surface area contributed by atoms with Gasteiger partial charge >= 0.3 is 0 Å². The molecule has 106 valence electrons. The van der Waals surface area contributed by atoms with Crippen molar-refractivity contribution in [3.63, 3.8) is 0 Å². The smallest absolute Gasteiger partial charge is 0.137 e. The van der Waals surface area contributed by atoms with Crippen LogP contribution in [0.2, 0.25) is 0 Å². The van der Waals surface area contributed by atoms with Gasteiger partial charge in [0.05, 0.1) is 30.0 Å². The van der Waals surface area contributed by atoms with Crippen molar-refractivity contribution < 1.29 is 4.11 Å². The highest BCUT2D eigenvalue weighted by Crippen LogP contribution is 2.27. The van der Waals surface area contributed by atoms with Gasteiger partial charge in [-0.25, -0.2) is 9.67 Å². The van der Waals surface area contributed by atoms with Gasteiger partial charge in [-0.15, -0.1) is 0 Å². The summed E-state index contributed by atoms with van der Waals surface area (Å²) in [5.74, 6) is -1.25. The van der Waals surface area contributed by atoms with Crippen molar-refractivity contribution in [1.82, 2.24) is 14.8 Å². The van der Waals surface area contributed by atoms with Gasteiger partial charge in [0, 0.05) is 4.11 Å². The molecule has 0 fully saturated rings. The van der Waals surface area contributed by atoms with Gasteiger partial charge in [0.25, 0.3) is 0 Å². The summed E-state index contributed by atoms with van der Waals surface area (Å²) in [6, 6.07) is 9.22. The lowest BCUT2D eigenvalue weighted by Crippen LogP contribution is -2.15. The monoisotopic (exact) mass is 282 g/mol. The lowest BCUT2D eigenvalue weighted by atomic mass is 9.83. The Kier molecular flexibility index (Phi) is 3.03. The van der Waals surface area contributed by atoms with E-state index in [1.165, 1.54) is 6.33 Å². The number of nitriles is 2. The average molecular weight is 282 g/mol. The first-order valence-corrected chi connectivity index (χ1v) is 6.45. The standard InChI is InChI=1S/C16H17N5/c1-12(7-17)14-4-13(8-21-11-19-10-20-21)5-15(6-14)16(2,3)9-18/h4-6,10-12H,8H2,1-3H3/i1D3. The highest BCUT2D eigenvalue weighted by atomic mass is 15.3. The van der Waals surface area contributed by atoms with Crippen molar-refractivity contribution in [3.8, 4) is 12.1 Å². The van der Waals surface area contributed by atoms with E-state index in [1.54, 1.807) is 37.0 Å². The number of benzene rings is 1. The van der Waals surface area contributed by atoms with Crippen LogP contribution in [-0.2, 0) is 12.0 Å². The molecular formula is C16H17N5. The van der Waals surface area contributed by atoms with Crippen LogP contribution in [0.1, 0.15) is 47.4 Å². The fraction of sp³-hybridized carbons (Fsp3) is 0.375. The molecule has 0 aliphatic heterocycles. The summed E-state index contributed by atoms with van der Waals surface area (Å²) >= 11 is 0. The predicted molar refractivity (Wildman–Crippen MR) is 78.2 cm³/mol. The zero-order valence-electron chi connectivity index (χ0n) is 14.9. The second kappa shape index (κ2) is 5.76. The van der Waals surface area contributed by atoms with E-state index < -0.39 is 18.2 Å². The van der Waals surface area contributed by atoms with Gasteiger partial charge in [-0.1, -0.05) is 18.2 Å². The van der Waals surface area contributed by atoms with Crippen molar-refractivity contribution in [1.29, 1.82) is 10.5 Å². The third-order valence-corrected chi connectivity index (χ3v) is 3.29. The maximum Gasteiger partial charge on any atom is 0.137 e. The average Bonchev–Trinajstić information content (AvgIpc) is 2.99. The quantitative estimate of drug-likeness (QED) is 0.863. The van der Waals surface area contributed by atoms with Gasteiger partial charge in [0.1, 0.15) is 12.7 Å². The molecule has 0 N–H and O–H groups in total. The van der Waals surface area contributed by atoms with Crippen LogP contribution in [0.3, 0.4) is 0 Å². The molecule has 0 amide bonds. The Bertz CT molecular complexity index is 795. The molecule has 0 spiro atoms. The van der Waals surface area contributed by atoms with E-state index in [4.69, 9.17) is 4.11 Å². The highest BCUT2D eigenvalue weighted by Gasteiger charge is 2.22. The molecule has 5 nitrogen and oxygen atoms in total. The molecule has 0 bridgehead atoms. The van der Waals surface area contributed by atoms with Gasteiger partial charge in [0.15, 0.2) is 0 Å². The molecule has 0 saturated heterocycles. The van der Waals surface area contributed by atoms with Crippen LogP contribution >= 0.6 is 0 Å². The molecule has 1 heterocycles. The zero-order chi connectivity index (χ0) is 18.0. The molecular weight excluding hydrogens is 262 g/mol. The molecule has 2 aromatic rings. The van der Waals surface area contributed by atoms with E-state index in [9.17, 15) is 10.5 Å². The Balaban J connectivity index is 2.56. The maximum atomic E-state index is 9.39. The van der Waals surface area contributed by atoms with Crippen molar-refractivity contribution in [2.45, 2.75) is 38.6 Å². The molecule has 1 aromatic heterocycles. The minimum Gasteiger partial charge on any atom is -0.249 e. The van der Waals surface area contributed by atoms with Crippen LogP contribution < -0.4 is 0 Å². The Morgan fingerprint density at radius 2 is 2.19 bits per heavy atom. The zero-order valence-corrected chi connectivity index (χ0v) is 11.9. The van der Waals surface area contributed by atoms with Crippen LogP contribution in [0, 0.1) is 22.7 Å². The first-order valence-electron chi connectivity index (χ1n) is 7.95. The van der Waals surface area contributed by atoms with Crippen LogP contribution in [0.15, 0.2) is 30.9 Å². The Morgan fingerprint density at radius 1 is 1.38 bits per heavy atom. The third kappa shape index (κ3) is 3.27. The maximum absolute atomic E-state index is 9.39. The second-order valence-electron chi connectivity index (χ2n) is 5.36. The minimum atomic E-state index is -2.44. The largest absolute Gasteiger partial charge is 0.249 e. The van der Waals surface area contributed by atoms with Gasteiger partial charge < -0.3 is 0 Å². The lowest BCUT2D eigenvalue weighted by Gasteiger charge is -2.19. The molecule has 0 aliphatic rings. The third-order valence-electron chi connectivity index (χ3n) is 3.29. The summed E-state index contributed by atoms with van der Waals surface area (Å²) in [7, 11) is 0. The molecule has 1 aromatic carbocycles. The lowest BCUT2D eigenvalue weighted by molar-refractivity contribution is 0.665. The van der Waals surface area contributed by atoms with Gasteiger partial charge in [-0.2, -0.15) is 15.6 Å². The van der Waals surface area contributed by atoms with E-state index in [0.717, 1.165) is 5.56 Å². The minimum absolute atomic E-state index is 0.376. The molecule has 1 atom stereocenters. The fourth-order valence-electron chi connectivity index (χ4n) is 1.98. The highest BCUT2D eigenvalue weighted by molar-refractivity contribution is 5.40. The van der Waals surface area contributed by atoms with Crippen molar-refractivity contribution in [3.05, 3.63) is 47.5 Å². The van der Waals surface area contributed by atoms with E-state index in [-0.39, 0.29) is 0 Å². The molecule has 2 rings (SSSR count). The van der Waals surface area contributed by atoms with E-state index in [1.807, 2.05) is 12.1 Å². The summed E-state index contributed by atoms with van der Waals surface area (Å²) in [5, 5.41) is 22.7. The molecule has 0 radical (unpaired) electrons. The van der Waals surface area contributed by atoms with Crippen molar-refractivity contribution >= 4 is 0 Å². The Morgan fingerprint density at radius 3 is 2.76 bits per heavy atom. The SMILES string of the molecule is [2H]C([2H])([2H])C(C#N)c1cc(Cn2cncn2)cc(C(C)(C)C#N)c1. The van der Waals surface area contributed by atoms with Crippen LogP contribution in [0.5, 0.6) is 0 Å². The summed E-state index contributed by atoms with van der Waals surface area (Å²) < 4.78 is 24.3. The summed E-state index contributed by atoms with van der Waals surface area (Å²) in [6.07, 6.45) is 2.96. The van der Waals surface area contributed by atoms with Gasteiger partial charge in [-0.05, 0) is 37.4 Å². The summed E-state index contributed by atoms with van der Waals surface area (Å²) in [4.78, 5) is 3.88. The molecule has 0 saturated carbocycles. The molecule has 1 unspecified atom stereocenters. The summed E-state index contributed by atoms with van der Waals surface area (Å²) in [5.41, 5.74) is 1.01. The van der Waals surface area contributed by atoms with Gasteiger partial charge in [0.2, 0.25) is 0 Å². The number of rotatable bonds is 4. The Hall–Kier alpha value is -2.66. The van der Waals surface area contributed by atoms with E-state index >= 15 is 0 Å². The number of hydrogen-bond acceptors (Lipinski definition) is 4. The number of hydrogen-bond donors (Lipinski definition) is 0. The second-order valence-corrected chi connectivity index (χ2v) is 5.36. The van der Waals surface area contributed by atoms with Crippen molar-refractivity contribution in [2.75, 3.05) is 0 Å². The van der Waals surface area contributed by atoms with Crippen LogP contribution in [-0.4, -0.2) is 14.8 Å². The van der Waals surface area contributed by atoms with Crippen molar-refractivity contribution in [2.24, 2.45) is 0 Å². The topological polar surface area (TPSA) is 78.3 Å². The predicted octanol–water partition coefficient (Wildman–Crippen LogP) is 2.75. The van der Waals surface area contributed by atoms with E-state index in [0.29, 0.717) is 17.7 Å². The van der Waals surface area contributed by atoms with Crippen LogP contribution in [0.4, 0.5) is 0 Å². The summed E-state index contributed by atoms with van der Waals surface area (Å²) in [6.45, 7) is 1.44. The van der Waals surface area contributed by atoms with E-state index in [2.05, 4.69) is 16.2 Å². The number of aromatic nitrogens is 3. The first-order chi connectivity index (χ1) is 11.2. The molecule has 0 aliphatic carbocycles. The molecule has 5 heteroatoms. The molecule has 21 heavy (non-hydrogen) atoms.